The highest BCUT2D eigenvalue weighted by atomic mass is 35.5. The second-order valence-corrected chi connectivity index (χ2v) is 5.74. The molecule has 1 atom stereocenters. The van der Waals surface area contributed by atoms with Crippen LogP contribution >= 0.6 is 11.6 Å². The Morgan fingerprint density at radius 1 is 1.31 bits per heavy atom. The molecular weight excluding hydrogens is 250 g/mol. The molecular formula is C10H12ClNO3S. The largest absolute Gasteiger partial charge is 0.272 e. The Kier molecular flexibility index (Phi) is 3.93. The quantitative estimate of drug-likeness (QED) is 0.837. The molecule has 0 fully saturated rings. The number of rotatable bonds is 3. The molecule has 6 heteroatoms. The number of amides is 1. The first-order valence-electron chi connectivity index (χ1n) is 4.60. The highest BCUT2D eigenvalue weighted by molar-refractivity contribution is 7.90. The first-order chi connectivity index (χ1) is 7.33. The van der Waals surface area contributed by atoms with Gasteiger partial charge in [0.1, 0.15) is 5.38 Å². The van der Waals surface area contributed by atoms with E-state index in [0.717, 1.165) is 5.56 Å². The van der Waals surface area contributed by atoms with Gasteiger partial charge in [0, 0.05) is 0 Å². The highest BCUT2D eigenvalue weighted by Gasteiger charge is 2.19. The van der Waals surface area contributed by atoms with Crippen LogP contribution < -0.4 is 4.72 Å². The number of hydrogen-bond donors (Lipinski definition) is 1. The number of carbonyl (C=O) groups excluding carboxylic acids is 1. The molecule has 0 spiro atoms. The van der Waals surface area contributed by atoms with E-state index in [-0.39, 0.29) is 4.90 Å². The lowest BCUT2D eigenvalue weighted by atomic mass is 10.2. The second kappa shape index (κ2) is 4.84. The van der Waals surface area contributed by atoms with Gasteiger partial charge < -0.3 is 0 Å². The van der Waals surface area contributed by atoms with E-state index < -0.39 is 21.3 Å². The average molecular weight is 262 g/mol. The standard InChI is InChI=1S/C10H12ClNO3S/c1-7-3-5-9(6-4-7)16(14,15)12-10(13)8(2)11/h3-6,8H,1-2H3,(H,12,13)/t8-/m0/s1. The lowest BCUT2D eigenvalue weighted by Crippen LogP contribution is -2.35. The van der Waals surface area contributed by atoms with Gasteiger partial charge in [-0.1, -0.05) is 17.7 Å². The maximum atomic E-state index is 11.7. The Balaban J connectivity index is 2.95. The summed E-state index contributed by atoms with van der Waals surface area (Å²) >= 11 is 5.47. The summed E-state index contributed by atoms with van der Waals surface area (Å²) in [5, 5.41) is -0.889. The summed E-state index contributed by atoms with van der Waals surface area (Å²) in [7, 11) is -3.81. The van der Waals surface area contributed by atoms with Crippen LogP contribution in [0.2, 0.25) is 0 Å². The van der Waals surface area contributed by atoms with Crippen LogP contribution in [-0.4, -0.2) is 19.7 Å². The molecule has 0 bridgehead atoms. The van der Waals surface area contributed by atoms with Crippen LogP contribution in [0.1, 0.15) is 12.5 Å². The van der Waals surface area contributed by atoms with Crippen molar-refractivity contribution in [3.8, 4) is 0 Å². The van der Waals surface area contributed by atoms with E-state index in [1.165, 1.54) is 19.1 Å². The molecule has 0 aliphatic rings. The zero-order valence-electron chi connectivity index (χ0n) is 8.90. The summed E-state index contributed by atoms with van der Waals surface area (Å²) in [6.07, 6.45) is 0. The number of benzene rings is 1. The Morgan fingerprint density at radius 2 is 1.81 bits per heavy atom. The third kappa shape index (κ3) is 3.21. The Labute approximate surface area is 99.7 Å². The molecule has 4 nitrogen and oxygen atoms in total. The van der Waals surface area contributed by atoms with Crippen LogP contribution in [-0.2, 0) is 14.8 Å². The van der Waals surface area contributed by atoms with Gasteiger partial charge in [-0.15, -0.1) is 11.6 Å². The maximum absolute atomic E-state index is 11.7. The van der Waals surface area contributed by atoms with Gasteiger partial charge >= 0.3 is 0 Å². The Bertz CT molecular complexity index is 479. The summed E-state index contributed by atoms with van der Waals surface area (Å²) in [4.78, 5) is 11.2. The zero-order valence-corrected chi connectivity index (χ0v) is 10.5. The Hall–Kier alpha value is -1.07. The fourth-order valence-electron chi connectivity index (χ4n) is 0.990. The second-order valence-electron chi connectivity index (χ2n) is 3.40. The number of sulfonamides is 1. The van der Waals surface area contributed by atoms with E-state index in [1.807, 2.05) is 11.6 Å². The number of hydrogen-bond acceptors (Lipinski definition) is 3. The van der Waals surface area contributed by atoms with Crippen molar-refractivity contribution in [3.05, 3.63) is 29.8 Å². The van der Waals surface area contributed by atoms with Crippen molar-refractivity contribution in [2.24, 2.45) is 0 Å². The molecule has 0 radical (unpaired) electrons. The van der Waals surface area contributed by atoms with Crippen LogP contribution in [0.3, 0.4) is 0 Å². The topological polar surface area (TPSA) is 63.2 Å². The van der Waals surface area contributed by atoms with E-state index in [2.05, 4.69) is 0 Å². The number of aryl methyl sites for hydroxylation is 1. The van der Waals surface area contributed by atoms with E-state index >= 15 is 0 Å². The first kappa shape index (κ1) is 13.0. The smallest absolute Gasteiger partial charge is 0.264 e. The molecule has 0 saturated heterocycles. The predicted octanol–water partition coefficient (Wildman–Crippen LogP) is 1.43. The van der Waals surface area contributed by atoms with Crippen LogP contribution in [0.25, 0.3) is 0 Å². The summed E-state index contributed by atoms with van der Waals surface area (Å²) in [6, 6.07) is 6.18. The van der Waals surface area contributed by atoms with Crippen LogP contribution in [0.4, 0.5) is 0 Å². The van der Waals surface area contributed by atoms with Crippen LogP contribution in [0.5, 0.6) is 0 Å². The van der Waals surface area contributed by atoms with Gasteiger partial charge in [-0.25, -0.2) is 13.1 Å². The van der Waals surface area contributed by atoms with Crippen molar-refractivity contribution in [2.45, 2.75) is 24.1 Å². The minimum Gasteiger partial charge on any atom is -0.272 e. The third-order valence-electron chi connectivity index (χ3n) is 1.93. The van der Waals surface area contributed by atoms with Gasteiger partial charge in [0.2, 0.25) is 0 Å². The lowest BCUT2D eigenvalue weighted by Gasteiger charge is -2.07. The summed E-state index contributed by atoms with van der Waals surface area (Å²) in [5.41, 5.74) is 0.941. The normalized spacial score (nSPS) is 13.2. The van der Waals surface area contributed by atoms with Crippen molar-refractivity contribution >= 4 is 27.5 Å². The first-order valence-corrected chi connectivity index (χ1v) is 6.52. The molecule has 0 aliphatic carbocycles. The summed E-state index contributed by atoms with van der Waals surface area (Å²) in [6.45, 7) is 3.25. The summed E-state index contributed by atoms with van der Waals surface area (Å²) < 4.78 is 25.2. The molecule has 0 aliphatic heterocycles. The van der Waals surface area contributed by atoms with Gasteiger partial charge in [0.25, 0.3) is 15.9 Å². The third-order valence-corrected chi connectivity index (χ3v) is 3.49. The number of nitrogens with one attached hydrogen (secondary N) is 1. The fraction of sp³-hybridized carbons (Fsp3) is 0.300. The number of carbonyl (C=O) groups is 1. The van der Waals surface area contributed by atoms with Gasteiger partial charge in [0.05, 0.1) is 4.90 Å². The minimum atomic E-state index is -3.81. The molecule has 0 unspecified atom stereocenters. The lowest BCUT2D eigenvalue weighted by molar-refractivity contribution is -0.118. The van der Waals surface area contributed by atoms with Crippen molar-refractivity contribution < 1.29 is 13.2 Å². The molecule has 1 amide bonds. The maximum Gasteiger partial charge on any atom is 0.264 e. The van der Waals surface area contributed by atoms with Crippen molar-refractivity contribution in [1.82, 2.24) is 4.72 Å². The number of alkyl halides is 1. The van der Waals surface area contributed by atoms with Crippen LogP contribution in [0.15, 0.2) is 29.2 Å². The van der Waals surface area contributed by atoms with Gasteiger partial charge in [-0.05, 0) is 26.0 Å². The van der Waals surface area contributed by atoms with Crippen molar-refractivity contribution in [2.75, 3.05) is 0 Å². The SMILES string of the molecule is Cc1ccc(S(=O)(=O)NC(=O)[C@H](C)Cl)cc1. The molecule has 1 rings (SSSR count). The van der Waals surface area contributed by atoms with Crippen LogP contribution in [0, 0.1) is 6.92 Å². The van der Waals surface area contributed by atoms with E-state index in [9.17, 15) is 13.2 Å². The van der Waals surface area contributed by atoms with Gasteiger partial charge in [-0.3, -0.25) is 4.79 Å². The van der Waals surface area contributed by atoms with E-state index in [0.29, 0.717) is 0 Å². The molecule has 0 aromatic heterocycles. The van der Waals surface area contributed by atoms with E-state index in [4.69, 9.17) is 11.6 Å². The molecule has 1 aromatic carbocycles. The molecule has 1 N–H and O–H groups in total. The number of halogens is 1. The predicted molar refractivity (Wildman–Crippen MR) is 61.8 cm³/mol. The van der Waals surface area contributed by atoms with E-state index in [1.54, 1.807) is 12.1 Å². The van der Waals surface area contributed by atoms with Gasteiger partial charge in [0.15, 0.2) is 0 Å². The molecule has 0 heterocycles. The highest BCUT2D eigenvalue weighted by Crippen LogP contribution is 2.10. The fourth-order valence-corrected chi connectivity index (χ4v) is 2.16. The van der Waals surface area contributed by atoms with Crippen molar-refractivity contribution in [3.63, 3.8) is 0 Å². The molecule has 1 aromatic rings. The zero-order chi connectivity index (χ0) is 12.3. The Morgan fingerprint density at radius 3 is 2.25 bits per heavy atom. The molecule has 88 valence electrons. The van der Waals surface area contributed by atoms with Crippen molar-refractivity contribution in [1.29, 1.82) is 0 Å². The molecule has 0 saturated carbocycles. The van der Waals surface area contributed by atoms with Gasteiger partial charge in [-0.2, -0.15) is 0 Å². The molecule has 16 heavy (non-hydrogen) atoms. The minimum absolute atomic E-state index is 0.0452. The monoisotopic (exact) mass is 261 g/mol. The summed E-state index contributed by atoms with van der Waals surface area (Å²) in [5.74, 6) is -0.734. The average Bonchev–Trinajstić information content (AvgIpc) is 2.17.